The zero-order chi connectivity index (χ0) is 16.1. The minimum atomic E-state index is -0.277. The summed E-state index contributed by atoms with van der Waals surface area (Å²) in [4.78, 5) is 31.2. The number of halogens is 1. The molecule has 1 aromatic rings. The molecule has 0 unspecified atom stereocenters. The number of Topliss-reactive ketones (excluding diaryl/α,β-unsaturated/α-hetero) is 2. The molecule has 0 spiro atoms. The quantitative estimate of drug-likeness (QED) is 0.438. The van der Waals surface area contributed by atoms with Gasteiger partial charge >= 0.3 is 0 Å². The lowest BCUT2D eigenvalue weighted by atomic mass is 9.89. The Hall–Kier alpha value is -1.27. The van der Waals surface area contributed by atoms with Crippen LogP contribution in [0.25, 0.3) is 0 Å². The predicted molar refractivity (Wildman–Crippen MR) is 87.3 cm³/mol. The Morgan fingerprint density at radius 3 is 2.64 bits per heavy atom. The van der Waals surface area contributed by atoms with Gasteiger partial charge in [0, 0.05) is 5.92 Å². The monoisotopic (exact) mass is 368 g/mol. The summed E-state index contributed by atoms with van der Waals surface area (Å²) in [6.45, 7) is 5.00. The van der Waals surface area contributed by atoms with Crippen molar-refractivity contribution in [3.05, 3.63) is 22.4 Å². The number of likely N-dealkylation sites (tertiary alicyclic amines) is 1. The Kier molecular flexibility index (Phi) is 6.08. The van der Waals surface area contributed by atoms with Gasteiger partial charge in [0.2, 0.25) is 0 Å². The van der Waals surface area contributed by atoms with E-state index in [0.717, 1.165) is 32.5 Å². The Balaban J connectivity index is 2.00. The van der Waals surface area contributed by atoms with Crippen LogP contribution in [0.1, 0.15) is 36.7 Å². The first-order chi connectivity index (χ1) is 10.5. The van der Waals surface area contributed by atoms with Crippen LogP contribution in [-0.2, 0) is 4.79 Å². The predicted octanol–water partition coefficient (Wildman–Crippen LogP) is 2.73. The summed E-state index contributed by atoms with van der Waals surface area (Å²) in [6.07, 6.45) is 1.57. The number of nitrogens with zero attached hydrogens (tertiary/aromatic N) is 2. The van der Waals surface area contributed by atoms with Crippen molar-refractivity contribution in [2.24, 2.45) is 5.92 Å². The number of hydrogen-bond donors (Lipinski definition) is 0. The first-order valence-electron chi connectivity index (χ1n) is 7.54. The van der Waals surface area contributed by atoms with Crippen LogP contribution in [0.2, 0.25) is 0 Å². The van der Waals surface area contributed by atoms with E-state index in [1.807, 2.05) is 0 Å². The summed E-state index contributed by atoms with van der Waals surface area (Å²) < 4.78 is 5.71. The zero-order valence-electron chi connectivity index (χ0n) is 13.0. The topological polar surface area (TPSA) is 59.5 Å². The van der Waals surface area contributed by atoms with Gasteiger partial charge in [0.25, 0.3) is 0 Å². The normalized spacial score (nSPS) is 16.5. The average molecular weight is 369 g/mol. The molecule has 1 aliphatic heterocycles. The van der Waals surface area contributed by atoms with Crippen molar-refractivity contribution in [1.82, 2.24) is 9.88 Å². The molecule has 5 nitrogen and oxygen atoms in total. The number of carbonyl (C=O) groups excluding carboxylic acids is 2. The van der Waals surface area contributed by atoms with Gasteiger partial charge in [-0.2, -0.15) is 0 Å². The fourth-order valence-electron chi connectivity index (χ4n) is 2.74. The molecule has 0 N–H and O–H groups in total. The first kappa shape index (κ1) is 17.1. The van der Waals surface area contributed by atoms with Crippen molar-refractivity contribution < 1.29 is 14.3 Å². The highest BCUT2D eigenvalue weighted by molar-refractivity contribution is 9.10. The largest absolute Gasteiger partial charge is 0.494 e. The fraction of sp³-hybridized carbons (Fsp3) is 0.562. The molecule has 2 heterocycles. The van der Waals surface area contributed by atoms with Crippen molar-refractivity contribution in [1.29, 1.82) is 0 Å². The van der Waals surface area contributed by atoms with Gasteiger partial charge in [-0.15, -0.1) is 0 Å². The summed E-state index contributed by atoms with van der Waals surface area (Å²) in [6, 6.07) is 3.38. The summed E-state index contributed by atoms with van der Waals surface area (Å²) >= 11 is 3.24. The van der Waals surface area contributed by atoms with Crippen LogP contribution in [0.4, 0.5) is 0 Å². The molecular formula is C16H21BrN2O3. The van der Waals surface area contributed by atoms with Crippen LogP contribution >= 0.6 is 15.9 Å². The van der Waals surface area contributed by atoms with Crippen molar-refractivity contribution in [3.8, 4) is 5.75 Å². The molecule has 0 bridgehead atoms. The van der Waals surface area contributed by atoms with E-state index in [9.17, 15) is 9.59 Å². The lowest BCUT2D eigenvalue weighted by molar-refractivity contribution is -0.123. The molecule has 0 saturated carbocycles. The first-order valence-corrected chi connectivity index (χ1v) is 8.33. The van der Waals surface area contributed by atoms with Crippen molar-refractivity contribution in [3.63, 3.8) is 0 Å². The summed E-state index contributed by atoms with van der Waals surface area (Å²) in [5.41, 5.74) is 0.219. The van der Waals surface area contributed by atoms with E-state index >= 15 is 0 Å². The molecule has 1 saturated heterocycles. The van der Waals surface area contributed by atoms with Crippen LogP contribution in [0.5, 0.6) is 5.75 Å². The molecule has 1 aromatic heterocycles. The van der Waals surface area contributed by atoms with E-state index in [4.69, 9.17) is 4.74 Å². The second-order valence-corrected chi connectivity index (χ2v) is 6.27. The maximum atomic E-state index is 12.4. The second-order valence-electron chi connectivity index (χ2n) is 5.46. The lowest BCUT2D eigenvalue weighted by Gasteiger charge is -2.30. The van der Waals surface area contributed by atoms with Gasteiger partial charge in [-0.1, -0.05) is 6.92 Å². The molecule has 6 heteroatoms. The van der Waals surface area contributed by atoms with E-state index in [1.54, 1.807) is 12.1 Å². The number of piperidine rings is 1. The highest BCUT2D eigenvalue weighted by Gasteiger charge is 2.27. The molecular weight excluding hydrogens is 348 g/mol. The summed E-state index contributed by atoms with van der Waals surface area (Å²) in [5.74, 6) is 0.136. The standard InChI is InChI=1S/C16H21BrN2O3/c1-3-19-8-6-11(7-9-19)12(20)10-13(21)16-14(22-2)4-5-15(17)18-16/h4-5,11H,3,6-10H2,1-2H3. The van der Waals surface area contributed by atoms with Crippen LogP contribution in [-0.4, -0.2) is 48.2 Å². The Labute approximate surface area is 139 Å². The van der Waals surface area contributed by atoms with E-state index in [0.29, 0.717) is 10.4 Å². The minimum Gasteiger partial charge on any atom is -0.494 e. The molecule has 0 radical (unpaired) electrons. The molecule has 1 fully saturated rings. The van der Waals surface area contributed by atoms with Gasteiger partial charge in [-0.3, -0.25) is 9.59 Å². The second kappa shape index (κ2) is 7.83. The Bertz CT molecular complexity index is 554. The molecule has 120 valence electrons. The molecule has 0 aromatic carbocycles. The Morgan fingerprint density at radius 1 is 1.36 bits per heavy atom. The van der Waals surface area contributed by atoms with Crippen molar-refractivity contribution in [2.45, 2.75) is 26.2 Å². The third-order valence-corrected chi connectivity index (χ3v) is 4.57. The highest BCUT2D eigenvalue weighted by atomic mass is 79.9. The molecule has 1 aliphatic rings. The van der Waals surface area contributed by atoms with Gasteiger partial charge in [-0.25, -0.2) is 4.98 Å². The fourth-order valence-corrected chi connectivity index (χ4v) is 3.05. The molecule has 2 rings (SSSR count). The maximum absolute atomic E-state index is 12.4. The number of aromatic nitrogens is 1. The highest BCUT2D eigenvalue weighted by Crippen LogP contribution is 2.23. The number of hydrogen-bond acceptors (Lipinski definition) is 5. The van der Waals surface area contributed by atoms with Crippen molar-refractivity contribution in [2.75, 3.05) is 26.7 Å². The number of methoxy groups -OCH3 is 1. The minimum absolute atomic E-state index is 0.00935. The van der Waals surface area contributed by atoms with Gasteiger partial charge < -0.3 is 9.64 Å². The molecule has 22 heavy (non-hydrogen) atoms. The van der Waals surface area contributed by atoms with E-state index in [2.05, 4.69) is 32.7 Å². The molecule has 0 amide bonds. The number of ketones is 2. The van der Waals surface area contributed by atoms with Crippen molar-refractivity contribution >= 4 is 27.5 Å². The SMILES string of the molecule is CCN1CCC(C(=O)CC(=O)c2nc(Br)ccc2OC)CC1. The summed E-state index contributed by atoms with van der Waals surface area (Å²) in [7, 11) is 1.49. The average Bonchev–Trinajstić information content (AvgIpc) is 2.54. The third kappa shape index (κ3) is 4.14. The lowest BCUT2D eigenvalue weighted by Crippen LogP contribution is -2.36. The Morgan fingerprint density at radius 2 is 2.05 bits per heavy atom. The summed E-state index contributed by atoms with van der Waals surface area (Å²) in [5, 5.41) is 0. The molecule has 0 atom stereocenters. The number of pyridine rings is 1. The van der Waals surface area contributed by atoms with E-state index in [-0.39, 0.29) is 29.6 Å². The van der Waals surface area contributed by atoms with Crippen LogP contribution in [0.3, 0.4) is 0 Å². The molecule has 0 aliphatic carbocycles. The van der Waals surface area contributed by atoms with Gasteiger partial charge in [0.1, 0.15) is 21.8 Å². The zero-order valence-corrected chi connectivity index (χ0v) is 14.6. The van der Waals surface area contributed by atoms with Gasteiger partial charge in [0.15, 0.2) is 5.78 Å². The third-order valence-electron chi connectivity index (χ3n) is 4.13. The smallest absolute Gasteiger partial charge is 0.192 e. The van der Waals surface area contributed by atoms with Gasteiger partial charge in [-0.05, 0) is 60.5 Å². The van der Waals surface area contributed by atoms with Crippen LogP contribution < -0.4 is 4.74 Å². The van der Waals surface area contributed by atoms with E-state index < -0.39 is 0 Å². The number of ether oxygens (including phenoxy) is 1. The number of rotatable bonds is 6. The van der Waals surface area contributed by atoms with E-state index in [1.165, 1.54) is 7.11 Å². The maximum Gasteiger partial charge on any atom is 0.192 e. The van der Waals surface area contributed by atoms with Gasteiger partial charge in [0.05, 0.1) is 13.5 Å². The van der Waals surface area contributed by atoms with Crippen LogP contribution in [0.15, 0.2) is 16.7 Å². The number of carbonyl (C=O) groups is 2. The van der Waals surface area contributed by atoms with Crippen LogP contribution in [0, 0.1) is 5.92 Å².